The number of hydrogen-bond acceptors (Lipinski definition) is 4. The summed E-state index contributed by atoms with van der Waals surface area (Å²) < 4.78 is 1.33. The predicted molar refractivity (Wildman–Crippen MR) is 58.7 cm³/mol. The largest absolute Gasteiger partial charge is 0.480 e. The van der Waals surface area contributed by atoms with Crippen molar-refractivity contribution in [3.63, 3.8) is 0 Å². The molecule has 0 spiro atoms. The summed E-state index contributed by atoms with van der Waals surface area (Å²) in [6, 6.07) is 0. The Balaban J connectivity index is 2.70. The summed E-state index contributed by atoms with van der Waals surface area (Å²) in [5, 5.41) is 10.6. The quantitative estimate of drug-likeness (QED) is 0.763. The average Bonchev–Trinajstić information content (AvgIpc) is 2.42. The Morgan fingerprint density at radius 3 is 2.50 bits per heavy atom. The van der Waals surface area contributed by atoms with E-state index in [1.165, 1.54) is 4.57 Å². The number of aliphatic carboxylic acids is 1. The first-order chi connectivity index (χ1) is 7.41. The first-order valence-electron chi connectivity index (χ1n) is 4.57. The van der Waals surface area contributed by atoms with E-state index in [1.807, 2.05) is 0 Å². The number of thiazole rings is 1. The van der Waals surface area contributed by atoms with Crippen LogP contribution in [0.1, 0.15) is 10.6 Å². The molecule has 0 bridgehead atoms. The summed E-state index contributed by atoms with van der Waals surface area (Å²) in [6.07, 6.45) is 0. The summed E-state index contributed by atoms with van der Waals surface area (Å²) in [4.78, 5) is 33.6. The molecule has 0 saturated heterocycles. The van der Waals surface area contributed by atoms with Crippen molar-refractivity contribution in [1.82, 2.24) is 9.88 Å². The Hall–Kier alpha value is -1.63. The van der Waals surface area contributed by atoms with Crippen LogP contribution >= 0.6 is 11.3 Å². The second-order valence-electron chi connectivity index (χ2n) is 3.27. The lowest BCUT2D eigenvalue weighted by atomic mass is 10.4. The number of nitrogens with one attached hydrogen (secondary N) is 1. The lowest BCUT2D eigenvalue weighted by molar-refractivity contribution is -0.138. The molecule has 16 heavy (non-hydrogen) atoms. The van der Waals surface area contributed by atoms with Gasteiger partial charge in [-0.2, -0.15) is 0 Å². The minimum absolute atomic E-state index is 0.137. The van der Waals surface area contributed by atoms with Crippen LogP contribution in [0.4, 0.5) is 0 Å². The maximum atomic E-state index is 11.4. The molecule has 0 aromatic carbocycles. The van der Waals surface area contributed by atoms with Gasteiger partial charge in [-0.3, -0.25) is 19.0 Å². The zero-order valence-electron chi connectivity index (χ0n) is 8.94. The van der Waals surface area contributed by atoms with E-state index in [4.69, 9.17) is 5.11 Å². The molecule has 6 nitrogen and oxygen atoms in total. The van der Waals surface area contributed by atoms with Gasteiger partial charge in [0.2, 0.25) is 5.91 Å². The number of amides is 1. The Morgan fingerprint density at radius 1 is 1.44 bits per heavy atom. The Morgan fingerprint density at radius 2 is 2.06 bits per heavy atom. The summed E-state index contributed by atoms with van der Waals surface area (Å²) in [5.74, 6) is -1.59. The van der Waals surface area contributed by atoms with Crippen LogP contribution in [0.25, 0.3) is 0 Å². The van der Waals surface area contributed by atoms with Gasteiger partial charge in [-0.1, -0.05) is 11.3 Å². The van der Waals surface area contributed by atoms with Crippen molar-refractivity contribution in [2.75, 3.05) is 6.54 Å². The van der Waals surface area contributed by atoms with Gasteiger partial charge in [0, 0.05) is 10.6 Å². The molecule has 0 aliphatic rings. The van der Waals surface area contributed by atoms with E-state index in [9.17, 15) is 14.4 Å². The molecule has 0 aliphatic heterocycles. The van der Waals surface area contributed by atoms with Gasteiger partial charge in [-0.15, -0.1) is 0 Å². The van der Waals surface area contributed by atoms with Crippen molar-refractivity contribution < 1.29 is 14.7 Å². The number of aromatic nitrogens is 1. The van der Waals surface area contributed by atoms with Crippen LogP contribution in [0.15, 0.2) is 4.79 Å². The molecule has 1 heterocycles. The molecule has 2 N–H and O–H groups in total. The standard InChI is InChI=1S/C9H12N2O4S/c1-5-6(2)16-9(15)11(5)4-7(12)10-3-8(13)14/h3-4H2,1-2H3,(H,10,12)(H,13,14). The molecule has 0 saturated carbocycles. The molecule has 0 atom stereocenters. The fourth-order valence-corrected chi connectivity index (χ4v) is 1.98. The van der Waals surface area contributed by atoms with Crippen LogP contribution in [-0.2, 0) is 16.1 Å². The highest BCUT2D eigenvalue weighted by Crippen LogP contribution is 2.08. The third kappa shape index (κ3) is 2.93. The first-order valence-corrected chi connectivity index (χ1v) is 5.38. The van der Waals surface area contributed by atoms with Crippen molar-refractivity contribution in [1.29, 1.82) is 0 Å². The van der Waals surface area contributed by atoms with Crippen LogP contribution in [0.3, 0.4) is 0 Å². The van der Waals surface area contributed by atoms with E-state index in [0.29, 0.717) is 0 Å². The molecule has 1 aromatic rings. The summed E-state index contributed by atoms with van der Waals surface area (Å²) in [6.45, 7) is 2.98. The molecule has 0 unspecified atom stereocenters. The number of carbonyl (C=O) groups is 2. The van der Waals surface area contributed by atoms with E-state index in [2.05, 4.69) is 5.32 Å². The van der Waals surface area contributed by atoms with E-state index in [-0.39, 0.29) is 11.4 Å². The van der Waals surface area contributed by atoms with Crippen LogP contribution < -0.4 is 10.2 Å². The molecule has 0 radical (unpaired) electrons. The minimum atomic E-state index is -1.11. The molecular formula is C9H12N2O4S. The first kappa shape index (κ1) is 12.4. The van der Waals surface area contributed by atoms with Crippen LogP contribution in [0.2, 0.25) is 0 Å². The van der Waals surface area contributed by atoms with E-state index in [0.717, 1.165) is 21.9 Å². The van der Waals surface area contributed by atoms with Gasteiger partial charge in [0.15, 0.2) is 0 Å². The number of rotatable bonds is 4. The predicted octanol–water partition coefficient (Wildman–Crippen LogP) is -0.273. The lowest BCUT2D eigenvalue weighted by Crippen LogP contribution is -2.34. The average molecular weight is 244 g/mol. The van der Waals surface area contributed by atoms with Gasteiger partial charge >= 0.3 is 10.8 Å². The lowest BCUT2D eigenvalue weighted by Gasteiger charge is -2.04. The molecule has 0 fully saturated rings. The topological polar surface area (TPSA) is 88.4 Å². The zero-order chi connectivity index (χ0) is 12.3. The molecule has 0 aliphatic carbocycles. The smallest absolute Gasteiger partial charge is 0.322 e. The monoisotopic (exact) mass is 244 g/mol. The Bertz CT molecular complexity index is 474. The van der Waals surface area contributed by atoms with Gasteiger partial charge in [-0.05, 0) is 13.8 Å². The molecular weight excluding hydrogens is 232 g/mol. The van der Waals surface area contributed by atoms with Gasteiger partial charge < -0.3 is 10.4 Å². The highest BCUT2D eigenvalue weighted by molar-refractivity contribution is 7.09. The highest BCUT2D eigenvalue weighted by Gasteiger charge is 2.11. The fraction of sp³-hybridized carbons (Fsp3) is 0.444. The number of carboxylic acid groups (broad SMARTS) is 1. The van der Waals surface area contributed by atoms with Crippen molar-refractivity contribution in [3.05, 3.63) is 20.2 Å². The summed E-state index contributed by atoms with van der Waals surface area (Å²) in [5.41, 5.74) is 0.737. The molecule has 88 valence electrons. The molecule has 7 heteroatoms. The number of carboxylic acids is 1. The van der Waals surface area contributed by atoms with E-state index < -0.39 is 18.4 Å². The molecule has 1 amide bonds. The van der Waals surface area contributed by atoms with Crippen molar-refractivity contribution in [2.24, 2.45) is 0 Å². The highest BCUT2D eigenvalue weighted by atomic mass is 32.1. The summed E-state index contributed by atoms with van der Waals surface area (Å²) >= 11 is 1.07. The van der Waals surface area contributed by atoms with E-state index >= 15 is 0 Å². The molecule has 1 rings (SSSR count). The molecule has 1 aromatic heterocycles. The number of carbonyl (C=O) groups excluding carboxylic acids is 1. The van der Waals surface area contributed by atoms with Gasteiger partial charge in [0.1, 0.15) is 13.1 Å². The second kappa shape index (κ2) is 4.93. The zero-order valence-corrected chi connectivity index (χ0v) is 9.76. The Labute approximate surface area is 95.5 Å². The number of nitrogens with zero attached hydrogens (tertiary/aromatic N) is 1. The third-order valence-electron chi connectivity index (χ3n) is 2.11. The van der Waals surface area contributed by atoms with Gasteiger partial charge in [0.05, 0.1) is 0 Å². The van der Waals surface area contributed by atoms with Gasteiger partial charge in [0.25, 0.3) is 0 Å². The third-order valence-corrected chi connectivity index (χ3v) is 3.11. The van der Waals surface area contributed by atoms with Crippen LogP contribution in [0, 0.1) is 13.8 Å². The second-order valence-corrected chi connectivity index (χ2v) is 4.43. The van der Waals surface area contributed by atoms with Crippen LogP contribution in [0.5, 0.6) is 0 Å². The van der Waals surface area contributed by atoms with Crippen molar-refractivity contribution in [2.45, 2.75) is 20.4 Å². The maximum absolute atomic E-state index is 11.4. The summed E-state index contributed by atoms with van der Waals surface area (Å²) in [7, 11) is 0. The van der Waals surface area contributed by atoms with Gasteiger partial charge in [-0.25, -0.2) is 0 Å². The fourth-order valence-electron chi connectivity index (χ4n) is 1.14. The number of aryl methyl sites for hydroxylation is 1. The van der Waals surface area contributed by atoms with Crippen molar-refractivity contribution >= 4 is 23.2 Å². The minimum Gasteiger partial charge on any atom is -0.480 e. The van der Waals surface area contributed by atoms with Crippen molar-refractivity contribution in [3.8, 4) is 0 Å². The maximum Gasteiger partial charge on any atom is 0.322 e. The SMILES string of the molecule is Cc1sc(=O)n(CC(=O)NCC(=O)O)c1C. The Kier molecular flexibility index (Phi) is 3.83. The normalized spacial score (nSPS) is 10.1. The van der Waals surface area contributed by atoms with E-state index in [1.54, 1.807) is 13.8 Å². The number of hydrogen-bond donors (Lipinski definition) is 2. The van der Waals surface area contributed by atoms with Crippen LogP contribution in [-0.4, -0.2) is 28.1 Å².